The monoisotopic (exact) mass is 404 g/mol. The van der Waals surface area contributed by atoms with E-state index in [4.69, 9.17) is 9.47 Å². The third kappa shape index (κ3) is 5.87. The second kappa shape index (κ2) is 10.5. The maximum absolute atomic E-state index is 12.4. The van der Waals surface area contributed by atoms with Crippen molar-refractivity contribution in [2.24, 2.45) is 0 Å². The van der Waals surface area contributed by atoms with E-state index >= 15 is 0 Å². The van der Waals surface area contributed by atoms with Crippen LogP contribution in [0.5, 0.6) is 11.5 Å². The van der Waals surface area contributed by atoms with Crippen molar-refractivity contribution in [1.29, 1.82) is 5.26 Å². The zero-order valence-electron chi connectivity index (χ0n) is 17.6. The molecule has 3 rings (SSSR count). The van der Waals surface area contributed by atoms with Crippen LogP contribution >= 0.6 is 0 Å². The topological polar surface area (TPSA) is 71.3 Å². The van der Waals surface area contributed by atoms with Crippen LogP contribution in [-0.2, 0) is 11.4 Å². The van der Waals surface area contributed by atoms with E-state index in [1.54, 1.807) is 12.1 Å². The Morgan fingerprint density at radius 2 is 1.97 bits per heavy atom. The summed E-state index contributed by atoms with van der Waals surface area (Å²) in [4.78, 5) is 12.4. The summed E-state index contributed by atoms with van der Waals surface area (Å²) in [6.45, 7) is 4.87. The second-order valence-electron chi connectivity index (χ2n) is 7.54. The van der Waals surface area contributed by atoms with Crippen LogP contribution in [0.15, 0.2) is 48.0 Å². The number of amides is 1. The summed E-state index contributed by atoms with van der Waals surface area (Å²) in [6.07, 6.45) is 5.80. The summed E-state index contributed by atoms with van der Waals surface area (Å²) in [5.41, 5.74) is 3.08. The molecule has 5 nitrogen and oxygen atoms in total. The molecule has 1 amide bonds. The number of nitriles is 1. The summed E-state index contributed by atoms with van der Waals surface area (Å²) in [6, 6.07) is 15.8. The molecule has 1 aliphatic rings. The fourth-order valence-corrected chi connectivity index (χ4v) is 3.61. The Kier molecular flexibility index (Phi) is 7.51. The van der Waals surface area contributed by atoms with E-state index in [1.165, 1.54) is 5.56 Å². The van der Waals surface area contributed by atoms with Gasteiger partial charge in [0.2, 0.25) is 0 Å². The minimum Gasteiger partial charge on any atom is -0.490 e. The lowest BCUT2D eigenvalue weighted by Gasteiger charge is -2.13. The van der Waals surface area contributed by atoms with Crippen LogP contribution in [0, 0.1) is 18.3 Å². The highest BCUT2D eigenvalue weighted by molar-refractivity contribution is 6.01. The number of hydrogen-bond acceptors (Lipinski definition) is 4. The highest BCUT2D eigenvalue weighted by Gasteiger charge is 2.19. The number of benzene rings is 2. The Bertz CT molecular complexity index is 953. The van der Waals surface area contributed by atoms with Crippen molar-refractivity contribution in [2.75, 3.05) is 6.61 Å². The average Bonchev–Trinajstić information content (AvgIpc) is 3.24. The Hall–Kier alpha value is -3.26. The van der Waals surface area contributed by atoms with Crippen LogP contribution in [0.3, 0.4) is 0 Å². The van der Waals surface area contributed by atoms with Crippen LogP contribution in [0.4, 0.5) is 0 Å². The minimum absolute atomic E-state index is 0.0952. The van der Waals surface area contributed by atoms with Crippen molar-refractivity contribution in [3.8, 4) is 17.6 Å². The van der Waals surface area contributed by atoms with Gasteiger partial charge in [-0.3, -0.25) is 4.79 Å². The van der Waals surface area contributed by atoms with Crippen LogP contribution in [0.1, 0.15) is 49.3 Å². The first-order valence-electron chi connectivity index (χ1n) is 10.5. The smallest absolute Gasteiger partial charge is 0.262 e. The third-order valence-corrected chi connectivity index (χ3v) is 5.11. The van der Waals surface area contributed by atoms with E-state index in [9.17, 15) is 10.1 Å². The molecule has 0 radical (unpaired) electrons. The van der Waals surface area contributed by atoms with Gasteiger partial charge in [0.05, 0.1) is 6.61 Å². The fraction of sp³-hybridized carbons (Fsp3) is 0.360. The lowest BCUT2D eigenvalue weighted by Crippen LogP contribution is -2.33. The number of nitrogens with one attached hydrogen (secondary N) is 1. The number of carbonyl (C=O) groups excluding carboxylic acids is 1. The molecule has 0 atom stereocenters. The Labute approximate surface area is 178 Å². The Morgan fingerprint density at radius 3 is 2.67 bits per heavy atom. The van der Waals surface area contributed by atoms with Crippen LogP contribution < -0.4 is 14.8 Å². The summed E-state index contributed by atoms with van der Waals surface area (Å²) in [5, 5.41) is 12.4. The van der Waals surface area contributed by atoms with Gasteiger partial charge in [0.1, 0.15) is 18.2 Å². The average molecular weight is 405 g/mol. The maximum atomic E-state index is 12.4. The van der Waals surface area contributed by atoms with E-state index in [0.29, 0.717) is 24.7 Å². The van der Waals surface area contributed by atoms with Gasteiger partial charge in [-0.05, 0) is 56.0 Å². The number of nitrogens with zero attached hydrogens (tertiary/aromatic N) is 1. The molecule has 1 aliphatic carbocycles. The molecule has 0 aliphatic heterocycles. The molecule has 1 saturated carbocycles. The second-order valence-corrected chi connectivity index (χ2v) is 7.54. The van der Waals surface area contributed by atoms with Gasteiger partial charge in [-0.25, -0.2) is 0 Å². The van der Waals surface area contributed by atoms with Crippen LogP contribution in [0.25, 0.3) is 6.08 Å². The summed E-state index contributed by atoms with van der Waals surface area (Å²) >= 11 is 0. The van der Waals surface area contributed by atoms with E-state index in [2.05, 4.69) is 11.4 Å². The van der Waals surface area contributed by atoms with Crippen LogP contribution in [0.2, 0.25) is 0 Å². The lowest BCUT2D eigenvalue weighted by molar-refractivity contribution is -0.117. The summed E-state index contributed by atoms with van der Waals surface area (Å²) < 4.78 is 11.7. The molecular formula is C25H28N2O3. The van der Waals surface area contributed by atoms with E-state index in [-0.39, 0.29) is 17.5 Å². The molecule has 1 fully saturated rings. The fourth-order valence-electron chi connectivity index (χ4n) is 3.61. The molecule has 1 N–H and O–H groups in total. The number of ether oxygens (including phenoxy) is 2. The largest absolute Gasteiger partial charge is 0.490 e. The Morgan fingerprint density at radius 1 is 1.17 bits per heavy atom. The van der Waals surface area contributed by atoms with E-state index in [0.717, 1.165) is 36.8 Å². The van der Waals surface area contributed by atoms with Crippen molar-refractivity contribution >= 4 is 12.0 Å². The molecule has 0 heterocycles. The molecule has 2 aromatic carbocycles. The number of carbonyl (C=O) groups is 1. The minimum atomic E-state index is -0.317. The zero-order valence-corrected chi connectivity index (χ0v) is 17.6. The molecule has 0 unspecified atom stereocenters. The molecular weight excluding hydrogens is 376 g/mol. The molecule has 5 heteroatoms. The van der Waals surface area contributed by atoms with E-state index in [1.807, 2.05) is 50.2 Å². The molecule has 0 bridgehead atoms. The predicted octanol–water partition coefficient (Wildman–Crippen LogP) is 4.94. The maximum Gasteiger partial charge on any atom is 0.262 e. The normalized spacial score (nSPS) is 14.2. The molecule has 156 valence electrons. The number of hydrogen-bond donors (Lipinski definition) is 1. The van der Waals surface area contributed by atoms with Gasteiger partial charge in [0.25, 0.3) is 5.91 Å². The highest BCUT2D eigenvalue weighted by atomic mass is 16.5. The van der Waals surface area contributed by atoms with Crippen molar-refractivity contribution in [3.63, 3.8) is 0 Å². The third-order valence-electron chi connectivity index (χ3n) is 5.11. The summed E-state index contributed by atoms with van der Waals surface area (Å²) in [5.74, 6) is 0.902. The first kappa shape index (κ1) is 21.4. The quantitative estimate of drug-likeness (QED) is 0.500. The van der Waals surface area contributed by atoms with Gasteiger partial charge in [0, 0.05) is 6.04 Å². The first-order valence-corrected chi connectivity index (χ1v) is 10.5. The highest BCUT2D eigenvalue weighted by Crippen LogP contribution is 2.30. The molecule has 0 saturated heterocycles. The first-order chi connectivity index (χ1) is 14.6. The van der Waals surface area contributed by atoms with Crippen molar-refractivity contribution in [1.82, 2.24) is 5.32 Å². The van der Waals surface area contributed by atoms with Gasteiger partial charge in [-0.1, -0.05) is 48.7 Å². The molecule has 0 spiro atoms. The van der Waals surface area contributed by atoms with E-state index < -0.39 is 0 Å². The van der Waals surface area contributed by atoms with Gasteiger partial charge in [-0.15, -0.1) is 0 Å². The van der Waals surface area contributed by atoms with Gasteiger partial charge < -0.3 is 14.8 Å². The molecule has 0 aromatic heterocycles. The zero-order chi connectivity index (χ0) is 21.3. The SMILES string of the molecule is CCOc1cc(/C=C(/C#N)C(=O)NC2CCCC2)ccc1OCc1cccc(C)c1. The summed E-state index contributed by atoms with van der Waals surface area (Å²) in [7, 11) is 0. The van der Waals surface area contributed by atoms with Crippen molar-refractivity contribution in [2.45, 2.75) is 52.2 Å². The van der Waals surface area contributed by atoms with Gasteiger partial charge >= 0.3 is 0 Å². The molecule has 30 heavy (non-hydrogen) atoms. The Balaban J connectivity index is 1.74. The van der Waals surface area contributed by atoms with Crippen LogP contribution in [-0.4, -0.2) is 18.6 Å². The predicted molar refractivity (Wildman–Crippen MR) is 117 cm³/mol. The van der Waals surface area contributed by atoms with Gasteiger partial charge in [-0.2, -0.15) is 5.26 Å². The lowest BCUT2D eigenvalue weighted by atomic mass is 10.1. The van der Waals surface area contributed by atoms with Gasteiger partial charge in [0.15, 0.2) is 11.5 Å². The standard InChI is InChI=1S/C25H28N2O3/c1-3-29-24-15-19(14-21(16-26)25(28)27-22-9-4-5-10-22)11-12-23(24)30-17-20-8-6-7-18(2)13-20/h6-8,11-15,22H,3-5,9-10,17H2,1-2H3,(H,27,28)/b21-14-. The van der Waals surface area contributed by atoms with Crippen molar-refractivity contribution in [3.05, 3.63) is 64.7 Å². The number of rotatable bonds is 8. The number of aryl methyl sites for hydroxylation is 1. The molecule has 2 aromatic rings. The van der Waals surface area contributed by atoms with Crippen molar-refractivity contribution < 1.29 is 14.3 Å².